The van der Waals surface area contributed by atoms with Gasteiger partial charge in [-0.2, -0.15) is 0 Å². The van der Waals surface area contributed by atoms with E-state index >= 15 is 0 Å². The van der Waals surface area contributed by atoms with Gasteiger partial charge < -0.3 is 4.90 Å². The number of fused-ring (bicyclic) bond motifs is 1. The molecule has 0 spiro atoms. The van der Waals surface area contributed by atoms with Gasteiger partial charge >= 0.3 is 0 Å². The van der Waals surface area contributed by atoms with Crippen LogP contribution in [0.25, 0.3) is 11.1 Å². The van der Waals surface area contributed by atoms with Crippen LogP contribution in [0.2, 0.25) is 0 Å². The van der Waals surface area contributed by atoms with Crippen molar-refractivity contribution in [3.8, 4) is 11.1 Å². The number of benzene rings is 2. The molecule has 0 bridgehead atoms. The van der Waals surface area contributed by atoms with Gasteiger partial charge in [-0.25, -0.2) is 0 Å². The summed E-state index contributed by atoms with van der Waals surface area (Å²) in [6, 6.07) is 16.8. The quantitative estimate of drug-likeness (QED) is 0.780. The Morgan fingerprint density at radius 2 is 1.73 bits per heavy atom. The van der Waals surface area contributed by atoms with Crippen molar-refractivity contribution in [1.82, 2.24) is 4.90 Å². The number of rotatable bonds is 2. The number of hydrogen-bond acceptors (Lipinski definition) is 1. The van der Waals surface area contributed by atoms with Gasteiger partial charge in [-0.15, -0.1) is 0 Å². The first-order valence-electron chi connectivity index (χ1n) is 8.72. The normalized spacial score (nSPS) is 21.8. The van der Waals surface area contributed by atoms with Crippen LogP contribution in [0.5, 0.6) is 0 Å². The summed E-state index contributed by atoms with van der Waals surface area (Å²) >= 11 is 0. The predicted molar refractivity (Wildman–Crippen MR) is 93.2 cm³/mol. The Labute approximate surface area is 134 Å². The van der Waals surface area contributed by atoms with Crippen molar-refractivity contribution in [2.24, 2.45) is 0 Å². The molecule has 0 aromatic heterocycles. The van der Waals surface area contributed by atoms with Gasteiger partial charge in [-0.3, -0.25) is 0 Å². The van der Waals surface area contributed by atoms with Gasteiger partial charge in [-0.05, 0) is 74.4 Å². The lowest BCUT2D eigenvalue weighted by Crippen LogP contribution is -2.37. The number of likely N-dealkylation sites (tertiary alicyclic amines) is 1. The van der Waals surface area contributed by atoms with Crippen molar-refractivity contribution in [3.05, 3.63) is 59.2 Å². The molecule has 22 heavy (non-hydrogen) atoms. The minimum atomic E-state index is 0.791. The summed E-state index contributed by atoms with van der Waals surface area (Å²) in [7, 11) is 0. The van der Waals surface area contributed by atoms with Gasteiger partial charge in [0.05, 0.1) is 0 Å². The molecule has 2 aliphatic rings. The number of nitrogens with zero attached hydrogens (tertiary/aromatic N) is 1. The molecular formula is C21H25N. The average Bonchev–Trinajstić information content (AvgIpc) is 3.08. The third-order valence-electron chi connectivity index (χ3n) is 5.42. The van der Waals surface area contributed by atoms with E-state index < -0.39 is 0 Å². The molecule has 1 nitrogen and oxygen atoms in total. The summed E-state index contributed by atoms with van der Waals surface area (Å²) in [6.07, 6.45) is 6.63. The van der Waals surface area contributed by atoms with Crippen LogP contribution in [0.1, 0.15) is 36.0 Å². The minimum absolute atomic E-state index is 0.791. The predicted octanol–water partition coefficient (Wildman–Crippen LogP) is 4.62. The molecule has 0 radical (unpaired) electrons. The molecule has 1 aliphatic carbocycles. The second-order valence-corrected chi connectivity index (χ2v) is 6.99. The smallest absolute Gasteiger partial charge is 0.0139 e. The average molecular weight is 291 g/mol. The van der Waals surface area contributed by atoms with Crippen molar-refractivity contribution in [2.75, 3.05) is 13.1 Å². The lowest BCUT2D eigenvalue weighted by Gasteiger charge is -2.32. The molecule has 1 heteroatoms. The largest absolute Gasteiger partial charge is 0.300 e. The van der Waals surface area contributed by atoms with Crippen molar-refractivity contribution in [3.63, 3.8) is 0 Å². The maximum atomic E-state index is 2.72. The number of aryl methyl sites for hydroxylation is 2. The molecule has 0 amide bonds. The molecule has 0 saturated carbocycles. The second-order valence-electron chi connectivity index (χ2n) is 6.99. The van der Waals surface area contributed by atoms with Crippen LogP contribution in [0.4, 0.5) is 0 Å². The second kappa shape index (κ2) is 5.89. The molecule has 0 N–H and O–H groups in total. The molecular weight excluding hydrogens is 266 g/mol. The third kappa shape index (κ3) is 2.70. The zero-order valence-corrected chi connectivity index (χ0v) is 13.5. The van der Waals surface area contributed by atoms with E-state index in [4.69, 9.17) is 0 Å². The fourth-order valence-electron chi connectivity index (χ4n) is 4.16. The Hall–Kier alpha value is -1.60. The standard InChI is InChI=1S/C21H25N/c1-16-5-4-6-17(13-16)18-7-8-20-15-21(10-9-19(20)14-18)22-11-2-3-12-22/h4-8,13-14,21H,2-3,9-12,15H2,1H3. The summed E-state index contributed by atoms with van der Waals surface area (Å²) in [6.45, 7) is 4.81. The highest BCUT2D eigenvalue weighted by Crippen LogP contribution is 2.30. The van der Waals surface area contributed by atoms with Crippen LogP contribution in [0, 0.1) is 6.92 Å². The van der Waals surface area contributed by atoms with E-state index in [1.165, 1.54) is 61.9 Å². The first kappa shape index (κ1) is 14.0. The SMILES string of the molecule is Cc1cccc(-c2ccc3c(c2)CCC(N2CCCC2)C3)c1. The first-order valence-corrected chi connectivity index (χ1v) is 8.72. The van der Waals surface area contributed by atoms with Crippen LogP contribution < -0.4 is 0 Å². The lowest BCUT2D eigenvalue weighted by molar-refractivity contribution is 0.222. The molecule has 1 unspecified atom stereocenters. The van der Waals surface area contributed by atoms with Gasteiger partial charge in [0, 0.05) is 6.04 Å². The fourth-order valence-corrected chi connectivity index (χ4v) is 4.16. The van der Waals surface area contributed by atoms with Crippen LogP contribution >= 0.6 is 0 Å². The molecule has 1 atom stereocenters. The van der Waals surface area contributed by atoms with E-state index in [1.54, 1.807) is 11.1 Å². The molecule has 2 aromatic rings. The van der Waals surface area contributed by atoms with E-state index in [1.807, 2.05) is 0 Å². The van der Waals surface area contributed by atoms with Crippen LogP contribution in [0.15, 0.2) is 42.5 Å². The molecule has 1 fully saturated rings. The number of hydrogen-bond donors (Lipinski definition) is 0. The van der Waals surface area contributed by atoms with Gasteiger partial charge in [0.15, 0.2) is 0 Å². The molecule has 1 aliphatic heterocycles. The van der Waals surface area contributed by atoms with Crippen LogP contribution in [0.3, 0.4) is 0 Å². The van der Waals surface area contributed by atoms with E-state index in [0.29, 0.717) is 0 Å². The van der Waals surface area contributed by atoms with Crippen LogP contribution in [-0.2, 0) is 12.8 Å². The maximum Gasteiger partial charge on any atom is 0.0139 e. The summed E-state index contributed by atoms with van der Waals surface area (Å²) in [5.41, 5.74) is 7.23. The van der Waals surface area contributed by atoms with Crippen molar-refractivity contribution in [2.45, 2.75) is 45.1 Å². The molecule has 4 rings (SSSR count). The van der Waals surface area contributed by atoms with Gasteiger partial charge in [0.1, 0.15) is 0 Å². The zero-order chi connectivity index (χ0) is 14.9. The highest BCUT2D eigenvalue weighted by Gasteiger charge is 2.26. The Kier molecular flexibility index (Phi) is 3.75. The van der Waals surface area contributed by atoms with E-state index in [2.05, 4.69) is 54.3 Å². The van der Waals surface area contributed by atoms with Gasteiger partial charge in [-0.1, -0.05) is 48.0 Å². The summed E-state index contributed by atoms with van der Waals surface area (Å²) < 4.78 is 0. The van der Waals surface area contributed by atoms with E-state index in [0.717, 1.165) is 6.04 Å². The summed E-state index contributed by atoms with van der Waals surface area (Å²) in [5.74, 6) is 0. The lowest BCUT2D eigenvalue weighted by atomic mass is 9.85. The van der Waals surface area contributed by atoms with Gasteiger partial charge in [0.25, 0.3) is 0 Å². The molecule has 2 aromatic carbocycles. The minimum Gasteiger partial charge on any atom is -0.300 e. The Balaban J connectivity index is 1.58. The topological polar surface area (TPSA) is 3.24 Å². The van der Waals surface area contributed by atoms with Crippen LogP contribution in [-0.4, -0.2) is 24.0 Å². The third-order valence-corrected chi connectivity index (χ3v) is 5.42. The molecule has 114 valence electrons. The fraction of sp³-hybridized carbons (Fsp3) is 0.429. The summed E-state index contributed by atoms with van der Waals surface area (Å²) in [4.78, 5) is 2.72. The Bertz CT molecular complexity index is 667. The van der Waals surface area contributed by atoms with Crippen molar-refractivity contribution < 1.29 is 0 Å². The maximum absolute atomic E-state index is 2.72. The highest BCUT2D eigenvalue weighted by atomic mass is 15.2. The molecule has 1 heterocycles. The highest BCUT2D eigenvalue weighted by molar-refractivity contribution is 5.65. The van der Waals surface area contributed by atoms with Crippen molar-refractivity contribution >= 4 is 0 Å². The first-order chi connectivity index (χ1) is 10.8. The monoisotopic (exact) mass is 291 g/mol. The Morgan fingerprint density at radius 1 is 0.909 bits per heavy atom. The summed E-state index contributed by atoms with van der Waals surface area (Å²) in [5, 5.41) is 0. The van der Waals surface area contributed by atoms with Gasteiger partial charge in [0.2, 0.25) is 0 Å². The van der Waals surface area contributed by atoms with Crippen molar-refractivity contribution in [1.29, 1.82) is 0 Å². The Morgan fingerprint density at radius 3 is 2.55 bits per heavy atom. The zero-order valence-electron chi connectivity index (χ0n) is 13.5. The van der Waals surface area contributed by atoms with E-state index in [9.17, 15) is 0 Å². The molecule has 1 saturated heterocycles. The van der Waals surface area contributed by atoms with E-state index in [-0.39, 0.29) is 0 Å².